The molecule has 3 fully saturated rings. The molecule has 3 aliphatic heterocycles. The van der Waals surface area contributed by atoms with Gasteiger partial charge in [-0.15, -0.1) is 0 Å². The van der Waals surface area contributed by atoms with Gasteiger partial charge in [0, 0.05) is 38.5 Å². The number of esters is 2. The smallest absolute Gasteiger partial charge is 0.311 e. The Morgan fingerprint density at radius 2 is 1.57 bits per heavy atom. The largest absolute Gasteiger partial charge is 0.459 e. The minimum Gasteiger partial charge on any atom is -0.459 e. The van der Waals surface area contributed by atoms with Crippen molar-refractivity contribution in [2.45, 2.75) is 198 Å². The first-order valence-electron chi connectivity index (χ1n) is 19.6. The predicted molar refractivity (Wildman–Crippen MR) is 199 cm³/mol. The summed E-state index contributed by atoms with van der Waals surface area (Å²) in [6, 6.07) is -1.28. The van der Waals surface area contributed by atoms with Crippen LogP contribution in [-0.4, -0.2) is 167 Å². The lowest BCUT2D eigenvalue weighted by atomic mass is 9.78. The van der Waals surface area contributed by atoms with Crippen LogP contribution in [0.4, 0.5) is 0 Å². The fourth-order valence-corrected chi connectivity index (χ4v) is 8.74. The van der Waals surface area contributed by atoms with E-state index in [1.807, 2.05) is 37.7 Å². The quantitative estimate of drug-likeness (QED) is 0.263. The molecule has 3 saturated heterocycles. The molecule has 0 amide bonds. The van der Waals surface area contributed by atoms with Crippen molar-refractivity contribution in [1.29, 1.82) is 0 Å². The normalized spacial score (nSPS) is 47.9. The summed E-state index contributed by atoms with van der Waals surface area (Å²) in [5, 5.41) is 46.9. The molecule has 0 aromatic heterocycles. The molecule has 0 radical (unpaired) electrons. The number of aliphatic hydroxyl groups is 4. The van der Waals surface area contributed by atoms with E-state index < -0.39 is 102 Å². The Morgan fingerprint density at radius 3 is 2.11 bits per heavy atom. The van der Waals surface area contributed by atoms with Crippen LogP contribution in [0, 0.1) is 11.8 Å². The SMILES string of the molecule is CC[C@H]1OC(=O)[C@H](C)[C@@H](O[C@H]2C[C@@](C)(OC)[C@@H](O)[C@H](C)O2)[C@H](C)[C@@H](O[C@@H]2O[C@H](C)C[C@H](N(C)C)[C@H]2OC(C)=O)[C@](C)(O)C[C@@H](C)N(C)[C@H](C)[C@@H](O)[C@]1(C)O. The van der Waals surface area contributed by atoms with Gasteiger partial charge >= 0.3 is 11.9 Å². The van der Waals surface area contributed by atoms with E-state index >= 15 is 0 Å². The minimum absolute atomic E-state index is 0.113. The lowest BCUT2D eigenvalue weighted by Crippen LogP contribution is -2.63. The molecular weight excluding hydrogens is 704 g/mol. The summed E-state index contributed by atoms with van der Waals surface area (Å²) in [6.45, 7) is 18.7. The maximum atomic E-state index is 14.2. The summed E-state index contributed by atoms with van der Waals surface area (Å²) in [6.07, 6.45) is -8.47. The maximum Gasteiger partial charge on any atom is 0.311 e. The van der Waals surface area contributed by atoms with Gasteiger partial charge in [-0.25, -0.2) is 0 Å². The first-order chi connectivity index (χ1) is 24.8. The average molecular weight is 777 g/mol. The summed E-state index contributed by atoms with van der Waals surface area (Å²) in [5.74, 6) is -3.04. The number of hydrogen-bond donors (Lipinski definition) is 4. The molecular formula is C39H72N2O13. The molecule has 316 valence electrons. The molecule has 18 atom stereocenters. The molecule has 0 bridgehead atoms. The molecule has 15 nitrogen and oxygen atoms in total. The van der Waals surface area contributed by atoms with Gasteiger partial charge in [0.25, 0.3) is 0 Å². The van der Waals surface area contributed by atoms with Crippen molar-refractivity contribution in [2.75, 3.05) is 28.3 Å². The van der Waals surface area contributed by atoms with Crippen molar-refractivity contribution >= 4 is 11.9 Å². The monoisotopic (exact) mass is 777 g/mol. The first kappa shape index (κ1) is 46.9. The molecule has 0 saturated carbocycles. The molecule has 4 N–H and O–H groups in total. The van der Waals surface area contributed by atoms with E-state index in [1.165, 1.54) is 21.0 Å². The fraction of sp³-hybridized carbons (Fsp3) is 0.949. The minimum atomic E-state index is -1.83. The Morgan fingerprint density at radius 1 is 0.963 bits per heavy atom. The number of rotatable bonds is 8. The van der Waals surface area contributed by atoms with Gasteiger partial charge in [-0.1, -0.05) is 13.8 Å². The Hall–Kier alpha value is -1.50. The van der Waals surface area contributed by atoms with E-state index in [9.17, 15) is 30.0 Å². The van der Waals surface area contributed by atoms with Gasteiger partial charge in [0.05, 0.1) is 47.6 Å². The predicted octanol–water partition coefficient (Wildman–Crippen LogP) is 2.22. The van der Waals surface area contributed by atoms with E-state index in [1.54, 1.807) is 55.5 Å². The van der Waals surface area contributed by atoms with Crippen LogP contribution < -0.4 is 0 Å². The zero-order valence-electron chi connectivity index (χ0n) is 35.3. The number of methoxy groups -OCH3 is 1. The highest BCUT2D eigenvalue weighted by molar-refractivity contribution is 5.73. The second-order valence-electron chi connectivity index (χ2n) is 17.2. The summed E-state index contributed by atoms with van der Waals surface area (Å²) in [5.41, 5.74) is -4.53. The van der Waals surface area contributed by atoms with Gasteiger partial charge in [-0.05, 0) is 95.8 Å². The summed E-state index contributed by atoms with van der Waals surface area (Å²) < 4.78 is 43.7. The number of likely N-dealkylation sites (N-methyl/N-ethyl adjacent to an activating group) is 2. The van der Waals surface area contributed by atoms with Crippen LogP contribution in [0.5, 0.6) is 0 Å². The van der Waals surface area contributed by atoms with Crippen molar-refractivity contribution in [3.8, 4) is 0 Å². The molecule has 0 aromatic carbocycles. The summed E-state index contributed by atoms with van der Waals surface area (Å²) in [7, 11) is 7.07. The van der Waals surface area contributed by atoms with Gasteiger partial charge < -0.3 is 58.5 Å². The maximum absolute atomic E-state index is 14.2. The Labute approximate surface area is 322 Å². The van der Waals surface area contributed by atoms with Crippen molar-refractivity contribution in [2.24, 2.45) is 11.8 Å². The van der Waals surface area contributed by atoms with Gasteiger partial charge in [0.15, 0.2) is 18.7 Å². The molecule has 0 aliphatic carbocycles. The lowest BCUT2D eigenvalue weighted by Gasteiger charge is -2.50. The van der Waals surface area contributed by atoms with Crippen molar-refractivity contribution in [1.82, 2.24) is 9.80 Å². The van der Waals surface area contributed by atoms with Gasteiger partial charge in [0.2, 0.25) is 0 Å². The zero-order valence-corrected chi connectivity index (χ0v) is 35.3. The number of aliphatic hydroxyl groups excluding tert-OH is 2. The number of carbonyl (C=O) groups excluding carboxylic acids is 2. The Bertz CT molecular complexity index is 1240. The second-order valence-corrected chi connectivity index (χ2v) is 17.2. The van der Waals surface area contributed by atoms with E-state index in [0.29, 0.717) is 6.42 Å². The van der Waals surface area contributed by atoms with E-state index in [0.717, 1.165) is 0 Å². The second kappa shape index (κ2) is 18.4. The number of nitrogens with zero attached hydrogens (tertiary/aromatic N) is 2. The first-order valence-corrected chi connectivity index (χ1v) is 19.6. The Kier molecular flexibility index (Phi) is 16.0. The molecule has 3 heterocycles. The van der Waals surface area contributed by atoms with Crippen LogP contribution >= 0.6 is 0 Å². The summed E-state index contributed by atoms with van der Waals surface area (Å²) in [4.78, 5) is 30.5. The zero-order chi connectivity index (χ0) is 41.2. The van der Waals surface area contributed by atoms with Crippen LogP contribution in [0.2, 0.25) is 0 Å². The highest BCUT2D eigenvalue weighted by atomic mass is 16.7. The van der Waals surface area contributed by atoms with Crippen LogP contribution in [0.3, 0.4) is 0 Å². The average Bonchev–Trinajstić information content (AvgIpc) is 3.08. The van der Waals surface area contributed by atoms with Gasteiger partial charge in [0.1, 0.15) is 23.9 Å². The van der Waals surface area contributed by atoms with Crippen LogP contribution in [-0.2, 0) is 42.7 Å². The molecule has 0 spiro atoms. The van der Waals surface area contributed by atoms with E-state index in [-0.39, 0.29) is 37.5 Å². The molecule has 0 unspecified atom stereocenters. The molecule has 0 aromatic rings. The highest BCUT2D eigenvalue weighted by Crippen LogP contribution is 2.40. The van der Waals surface area contributed by atoms with Crippen LogP contribution in [0.15, 0.2) is 0 Å². The number of ether oxygens (including phenoxy) is 7. The number of carbonyl (C=O) groups is 2. The van der Waals surface area contributed by atoms with Crippen molar-refractivity contribution in [3.63, 3.8) is 0 Å². The van der Waals surface area contributed by atoms with Gasteiger partial charge in [-0.3, -0.25) is 14.5 Å². The Balaban J connectivity index is 2.23. The van der Waals surface area contributed by atoms with Gasteiger partial charge in [-0.2, -0.15) is 0 Å². The summed E-state index contributed by atoms with van der Waals surface area (Å²) >= 11 is 0. The standard InChI is InChI=1S/C39H72N2O13/c1-16-28-39(11,47)32(43)24(6)41(14)20(2)18-37(9,46)34(54-36-31(51-26(8)42)27(40(12)13)17-21(3)49-36)22(4)30(23(5)35(45)52-28)53-29-19-38(10,48-15)33(44)25(7)50-29/h20-25,27-34,36,43-44,46-47H,16-19H2,1-15H3/t20-,21-,22+,23-,24-,25+,27+,28-,29+,30+,31-,32-,33+,34-,36+,37-,38-,39-/m1/s1. The van der Waals surface area contributed by atoms with Crippen molar-refractivity contribution in [3.05, 3.63) is 0 Å². The van der Waals surface area contributed by atoms with Crippen LogP contribution in [0.25, 0.3) is 0 Å². The third-order valence-electron chi connectivity index (χ3n) is 12.5. The van der Waals surface area contributed by atoms with E-state index in [2.05, 4.69) is 0 Å². The third kappa shape index (κ3) is 10.3. The molecule has 15 heteroatoms. The molecule has 3 rings (SSSR count). The fourth-order valence-electron chi connectivity index (χ4n) is 8.74. The topological polar surface area (TPSA) is 186 Å². The highest BCUT2D eigenvalue weighted by Gasteiger charge is 2.53. The number of cyclic esters (lactones) is 1. The van der Waals surface area contributed by atoms with Crippen molar-refractivity contribution < 1.29 is 63.2 Å². The molecule has 3 aliphatic rings. The lowest BCUT2D eigenvalue weighted by molar-refractivity contribution is -0.319. The third-order valence-corrected chi connectivity index (χ3v) is 12.5. The van der Waals surface area contributed by atoms with E-state index in [4.69, 9.17) is 33.2 Å². The number of hydrogen-bond acceptors (Lipinski definition) is 15. The molecule has 54 heavy (non-hydrogen) atoms. The van der Waals surface area contributed by atoms with Crippen LogP contribution in [0.1, 0.15) is 102 Å².